The van der Waals surface area contributed by atoms with Crippen LogP contribution in [0.2, 0.25) is 0 Å². The molecular weight excluding hydrogens is 901 g/mol. The summed E-state index contributed by atoms with van der Waals surface area (Å²) in [5, 5.41) is 2.64. The molecular formula is C75H68. The smallest absolute Gasteiger partial charge is 0.00258 e. The number of fused-ring (bicyclic) bond motifs is 1. The summed E-state index contributed by atoms with van der Waals surface area (Å²) in [4.78, 5) is 0. The molecule has 0 atom stereocenters. The van der Waals surface area contributed by atoms with Crippen molar-refractivity contribution in [2.24, 2.45) is 0 Å². The lowest BCUT2D eigenvalue weighted by atomic mass is 10.0. The molecule has 0 radical (unpaired) electrons. The fourth-order valence-electron chi connectivity index (χ4n) is 8.34. The highest BCUT2D eigenvalue weighted by Gasteiger charge is 1.99. The van der Waals surface area contributed by atoms with Gasteiger partial charge in [0.2, 0.25) is 0 Å². The van der Waals surface area contributed by atoms with Gasteiger partial charge < -0.3 is 0 Å². The van der Waals surface area contributed by atoms with E-state index >= 15 is 0 Å². The standard InChI is InChI=1S/4C13H12.C12H10.C11H10/c1-11-7-5-6-10-13(11)12-8-3-2-4-9-12;1-11-6-5-9-13(10-11)12-7-3-2-4-8-12;1-11-7-9-13(10-8-11)12-5-3-2-4-6-12;1-3-7-12(8-4-1)11-13-9-5-2-6-10-13;1-3-7-11(8-4-1)12-9-5-2-6-10-12;1-9-6-7-10-4-2-3-5-11(10)8-9/h3*2-10H,1H3;1-10H,11H2;1-10H;2-8H,1H3. The van der Waals surface area contributed by atoms with E-state index in [1.54, 1.807) is 0 Å². The highest BCUT2D eigenvalue weighted by atomic mass is 14.0. The van der Waals surface area contributed by atoms with Crippen molar-refractivity contribution in [2.75, 3.05) is 0 Å². The predicted octanol–water partition coefficient (Wildman–Crippen LogP) is 20.8. The van der Waals surface area contributed by atoms with Crippen LogP contribution in [0.15, 0.2) is 328 Å². The molecule has 368 valence electrons. The second-order valence-electron chi connectivity index (χ2n) is 18.4. The highest BCUT2D eigenvalue weighted by Crippen LogP contribution is 2.23. The summed E-state index contributed by atoms with van der Waals surface area (Å²) in [6.07, 6.45) is 1.03. The van der Waals surface area contributed by atoms with E-state index in [2.05, 4.69) is 325 Å². The van der Waals surface area contributed by atoms with E-state index in [-0.39, 0.29) is 0 Å². The molecule has 0 spiro atoms. The second kappa shape index (κ2) is 30.1. The minimum Gasteiger partial charge on any atom is -0.0622 e. The van der Waals surface area contributed by atoms with Crippen LogP contribution in [0.25, 0.3) is 55.3 Å². The maximum Gasteiger partial charge on any atom is -0.00258 e. The SMILES string of the molecule is Cc1ccc(-c2ccccc2)cc1.Cc1ccc2ccccc2c1.Cc1cccc(-c2ccccc2)c1.Cc1ccccc1-c1ccccc1.c1ccc(-c2ccccc2)cc1.c1ccc(Cc2ccccc2)cc1. The van der Waals surface area contributed by atoms with Crippen LogP contribution in [0.5, 0.6) is 0 Å². The molecule has 0 unspecified atom stereocenters. The van der Waals surface area contributed by atoms with E-state index in [0.717, 1.165) is 6.42 Å². The van der Waals surface area contributed by atoms with Crippen molar-refractivity contribution in [3.05, 3.63) is 361 Å². The third-order valence-corrected chi connectivity index (χ3v) is 12.4. The Bertz CT molecular complexity index is 3350. The lowest BCUT2D eigenvalue weighted by Crippen LogP contribution is -1.85. The van der Waals surface area contributed by atoms with Gasteiger partial charge in [0.05, 0.1) is 0 Å². The summed E-state index contributed by atoms with van der Waals surface area (Å²) in [6.45, 7) is 8.48. The minimum absolute atomic E-state index is 1.03. The van der Waals surface area contributed by atoms with Gasteiger partial charge in [0.1, 0.15) is 0 Å². The zero-order valence-electron chi connectivity index (χ0n) is 43.9. The average molecular weight is 969 g/mol. The fourth-order valence-corrected chi connectivity index (χ4v) is 8.34. The molecule has 0 amide bonds. The van der Waals surface area contributed by atoms with E-state index in [1.165, 1.54) is 88.7 Å². The van der Waals surface area contributed by atoms with Crippen LogP contribution >= 0.6 is 0 Å². The van der Waals surface area contributed by atoms with Crippen molar-refractivity contribution in [3.63, 3.8) is 0 Å². The lowest BCUT2D eigenvalue weighted by molar-refractivity contribution is 1.19. The topological polar surface area (TPSA) is 0 Å². The first-order valence-electron chi connectivity index (χ1n) is 25.9. The molecule has 75 heavy (non-hydrogen) atoms. The number of hydrogen-bond donors (Lipinski definition) is 0. The largest absolute Gasteiger partial charge is 0.0622 e. The molecule has 0 aliphatic heterocycles. The van der Waals surface area contributed by atoms with Gasteiger partial charge in [0.15, 0.2) is 0 Å². The number of hydrogen-bond acceptors (Lipinski definition) is 0. The van der Waals surface area contributed by atoms with Crippen molar-refractivity contribution in [3.8, 4) is 44.5 Å². The monoisotopic (exact) mass is 969 g/mol. The lowest BCUT2D eigenvalue weighted by Gasteiger charge is -2.04. The van der Waals surface area contributed by atoms with Crippen molar-refractivity contribution < 1.29 is 0 Å². The Morgan fingerprint density at radius 1 is 0.200 bits per heavy atom. The molecule has 0 bridgehead atoms. The van der Waals surface area contributed by atoms with Crippen molar-refractivity contribution in [1.29, 1.82) is 0 Å². The van der Waals surface area contributed by atoms with E-state index in [4.69, 9.17) is 0 Å². The van der Waals surface area contributed by atoms with E-state index in [0.29, 0.717) is 0 Å². The van der Waals surface area contributed by atoms with Gasteiger partial charge in [-0.05, 0) is 106 Å². The molecule has 12 rings (SSSR count). The van der Waals surface area contributed by atoms with Crippen LogP contribution in [0.1, 0.15) is 33.4 Å². The quantitative estimate of drug-likeness (QED) is 0.156. The molecule has 0 saturated carbocycles. The van der Waals surface area contributed by atoms with Crippen LogP contribution in [0, 0.1) is 27.7 Å². The Kier molecular flexibility index (Phi) is 21.5. The van der Waals surface area contributed by atoms with Gasteiger partial charge in [0.25, 0.3) is 0 Å². The normalized spacial score (nSPS) is 9.92. The average Bonchev–Trinajstić information content (AvgIpc) is 3.48. The summed E-state index contributed by atoms with van der Waals surface area (Å²) in [7, 11) is 0. The summed E-state index contributed by atoms with van der Waals surface area (Å²) in [5.74, 6) is 0. The zero-order chi connectivity index (χ0) is 52.1. The van der Waals surface area contributed by atoms with Crippen molar-refractivity contribution >= 4 is 10.8 Å². The molecule has 0 heterocycles. The fraction of sp³-hybridized carbons (Fsp3) is 0.0667. The summed E-state index contributed by atoms with van der Waals surface area (Å²) < 4.78 is 0. The van der Waals surface area contributed by atoms with E-state index < -0.39 is 0 Å². The second-order valence-corrected chi connectivity index (χ2v) is 18.4. The third-order valence-electron chi connectivity index (χ3n) is 12.4. The molecule has 12 aromatic rings. The molecule has 12 aromatic carbocycles. The molecule has 0 aliphatic rings. The Labute approximate surface area is 448 Å². The van der Waals surface area contributed by atoms with Crippen molar-refractivity contribution in [1.82, 2.24) is 0 Å². The van der Waals surface area contributed by atoms with Gasteiger partial charge in [-0.25, -0.2) is 0 Å². The van der Waals surface area contributed by atoms with Crippen LogP contribution in [0.4, 0.5) is 0 Å². The summed E-state index contributed by atoms with van der Waals surface area (Å²) in [5.41, 5.74) is 18.3. The Balaban J connectivity index is 0.000000131. The maximum atomic E-state index is 2.20. The first-order valence-corrected chi connectivity index (χ1v) is 25.9. The third kappa shape index (κ3) is 18.5. The Hall–Kier alpha value is -9.10. The van der Waals surface area contributed by atoms with Gasteiger partial charge in [0, 0.05) is 0 Å². The Morgan fingerprint density at radius 2 is 0.533 bits per heavy atom. The molecule has 0 fully saturated rings. The van der Waals surface area contributed by atoms with Gasteiger partial charge >= 0.3 is 0 Å². The molecule has 0 saturated heterocycles. The Morgan fingerprint density at radius 3 is 0.987 bits per heavy atom. The van der Waals surface area contributed by atoms with E-state index in [1.807, 2.05) is 30.3 Å². The number of benzene rings is 12. The first-order chi connectivity index (χ1) is 36.9. The predicted molar refractivity (Wildman–Crippen MR) is 326 cm³/mol. The molecule has 0 aromatic heterocycles. The van der Waals surface area contributed by atoms with Crippen LogP contribution in [-0.4, -0.2) is 0 Å². The first kappa shape index (κ1) is 53.7. The number of rotatable bonds is 6. The van der Waals surface area contributed by atoms with Crippen LogP contribution < -0.4 is 0 Å². The molecule has 0 aliphatic carbocycles. The molecule has 0 N–H and O–H groups in total. The van der Waals surface area contributed by atoms with Gasteiger partial charge in [-0.3, -0.25) is 0 Å². The summed E-state index contributed by atoms with van der Waals surface area (Å²) >= 11 is 0. The minimum atomic E-state index is 1.03. The van der Waals surface area contributed by atoms with Crippen LogP contribution in [-0.2, 0) is 6.42 Å². The van der Waals surface area contributed by atoms with Crippen LogP contribution in [0.3, 0.4) is 0 Å². The zero-order valence-corrected chi connectivity index (χ0v) is 43.9. The van der Waals surface area contributed by atoms with Crippen molar-refractivity contribution in [2.45, 2.75) is 34.1 Å². The number of aryl methyl sites for hydroxylation is 4. The van der Waals surface area contributed by atoms with E-state index in [9.17, 15) is 0 Å². The van der Waals surface area contributed by atoms with Gasteiger partial charge in [-0.15, -0.1) is 0 Å². The molecule has 0 nitrogen and oxygen atoms in total. The maximum absolute atomic E-state index is 2.20. The highest BCUT2D eigenvalue weighted by molar-refractivity contribution is 5.83. The van der Waals surface area contributed by atoms with Gasteiger partial charge in [-0.1, -0.05) is 344 Å². The molecule has 0 heteroatoms. The van der Waals surface area contributed by atoms with Gasteiger partial charge in [-0.2, -0.15) is 0 Å². The summed E-state index contributed by atoms with van der Waals surface area (Å²) in [6, 6.07) is 114.